The van der Waals surface area contributed by atoms with E-state index in [0.29, 0.717) is 0 Å². The Bertz CT molecular complexity index is 369. The van der Waals surface area contributed by atoms with Gasteiger partial charge in [0.2, 0.25) is 0 Å². The van der Waals surface area contributed by atoms with E-state index in [1.165, 1.54) is 0 Å². The summed E-state index contributed by atoms with van der Waals surface area (Å²) in [5, 5.41) is 0. The second kappa shape index (κ2) is 6.87. The predicted molar refractivity (Wildman–Crippen MR) is 73.7 cm³/mol. The lowest BCUT2D eigenvalue weighted by Gasteiger charge is -2.17. The van der Waals surface area contributed by atoms with Crippen LogP contribution >= 0.6 is 15.9 Å². The molecule has 0 spiro atoms. The number of hydrogen-bond donors (Lipinski definition) is 1. The second-order valence-electron chi connectivity index (χ2n) is 3.98. The zero-order chi connectivity index (χ0) is 12.8. The molecule has 0 fully saturated rings. The average Bonchev–Trinajstić information content (AvgIpc) is 2.35. The first-order chi connectivity index (χ1) is 8.13. The van der Waals surface area contributed by atoms with Gasteiger partial charge in [-0.25, -0.2) is 0 Å². The minimum absolute atomic E-state index is 0.00750. The van der Waals surface area contributed by atoms with Crippen LogP contribution in [0.1, 0.15) is 37.8 Å². The van der Waals surface area contributed by atoms with Crippen LogP contribution in [-0.2, 0) is 0 Å². The highest BCUT2D eigenvalue weighted by Gasteiger charge is 2.15. The van der Waals surface area contributed by atoms with Crippen LogP contribution in [0.4, 0.5) is 0 Å². The molecule has 0 unspecified atom stereocenters. The molecule has 1 aromatic carbocycles. The molecule has 0 saturated heterocycles. The number of halogens is 1. The summed E-state index contributed by atoms with van der Waals surface area (Å²) in [5.41, 5.74) is 7.18. The Hall–Kier alpha value is -0.740. The molecule has 0 heterocycles. The number of nitrogens with two attached hydrogens (primary N) is 1. The molecule has 0 aromatic heterocycles. The topological polar surface area (TPSA) is 44.5 Å². The Morgan fingerprint density at radius 3 is 2.41 bits per heavy atom. The van der Waals surface area contributed by atoms with Gasteiger partial charge in [-0.05, 0) is 34.5 Å². The summed E-state index contributed by atoms with van der Waals surface area (Å²) < 4.78 is 11.5. The van der Waals surface area contributed by atoms with Gasteiger partial charge < -0.3 is 15.2 Å². The Balaban J connectivity index is 3.02. The molecule has 0 aliphatic carbocycles. The van der Waals surface area contributed by atoms with E-state index in [4.69, 9.17) is 15.2 Å². The van der Waals surface area contributed by atoms with Crippen LogP contribution in [0.3, 0.4) is 0 Å². The molecule has 0 aliphatic rings. The zero-order valence-electron chi connectivity index (χ0n) is 10.6. The minimum Gasteiger partial charge on any atom is -0.496 e. The Morgan fingerprint density at radius 1 is 1.24 bits per heavy atom. The van der Waals surface area contributed by atoms with Crippen LogP contribution in [0.5, 0.6) is 11.5 Å². The summed E-state index contributed by atoms with van der Waals surface area (Å²) in [6.45, 7) is 2.16. The lowest BCUT2D eigenvalue weighted by atomic mass is 10.0. The number of unbranched alkanes of at least 4 members (excludes halogenated alkanes) is 1. The third kappa shape index (κ3) is 3.61. The van der Waals surface area contributed by atoms with Crippen molar-refractivity contribution in [2.45, 2.75) is 32.2 Å². The molecular weight excluding hydrogens is 282 g/mol. The SMILES string of the molecule is CCCC[C@@H](N)c1cc(OC)c(Br)cc1OC. The molecule has 1 aromatic rings. The summed E-state index contributed by atoms with van der Waals surface area (Å²) in [6.07, 6.45) is 3.21. The Morgan fingerprint density at radius 2 is 1.88 bits per heavy atom. The van der Waals surface area contributed by atoms with Crippen LogP contribution in [0.15, 0.2) is 16.6 Å². The van der Waals surface area contributed by atoms with Crippen molar-refractivity contribution in [1.82, 2.24) is 0 Å². The van der Waals surface area contributed by atoms with Crippen molar-refractivity contribution in [2.24, 2.45) is 5.73 Å². The lowest BCUT2D eigenvalue weighted by Crippen LogP contribution is -2.11. The molecule has 4 heteroatoms. The first kappa shape index (κ1) is 14.3. The minimum atomic E-state index is -0.00750. The summed E-state index contributed by atoms with van der Waals surface area (Å²) in [7, 11) is 3.30. The van der Waals surface area contributed by atoms with Crippen molar-refractivity contribution < 1.29 is 9.47 Å². The van der Waals surface area contributed by atoms with Crippen molar-refractivity contribution in [3.63, 3.8) is 0 Å². The fraction of sp³-hybridized carbons (Fsp3) is 0.538. The van der Waals surface area contributed by atoms with Crippen LogP contribution in [-0.4, -0.2) is 14.2 Å². The van der Waals surface area contributed by atoms with E-state index >= 15 is 0 Å². The van der Waals surface area contributed by atoms with E-state index in [-0.39, 0.29) is 6.04 Å². The van der Waals surface area contributed by atoms with E-state index in [9.17, 15) is 0 Å². The van der Waals surface area contributed by atoms with Gasteiger partial charge in [-0.2, -0.15) is 0 Å². The molecule has 1 atom stereocenters. The number of benzene rings is 1. The molecule has 3 nitrogen and oxygen atoms in total. The molecule has 0 amide bonds. The van der Waals surface area contributed by atoms with Crippen molar-refractivity contribution in [3.05, 3.63) is 22.2 Å². The van der Waals surface area contributed by atoms with E-state index in [1.807, 2.05) is 12.1 Å². The fourth-order valence-electron chi connectivity index (χ4n) is 1.75. The molecule has 96 valence electrons. The number of ether oxygens (including phenoxy) is 2. The molecule has 17 heavy (non-hydrogen) atoms. The van der Waals surface area contributed by atoms with Gasteiger partial charge in [0.25, 0.3) is 0 Å². The number of methoxy groups -OCH3 is 2. The Kier molecular flexibility index (Phi) is 5.78. The smallest absolute Gasteiger partial charge is 0.133 e. The highest BCUT2D eigenvalue weighted by Crippen LogP contribution is 2.36. The lowest BCUT2D eigenvalue weighted by molar-refractivity contribution is 0.391. The molecule has 0 aliphatic heterocycles. The van der Waals surface area contributed by atoms with Crippen LogP contribution in [0, 0.1) is 0 Å². The van der Waals surface area contributed by atoms with Crippen molar-refractivity contribution in [3.8, 4) is 11.5 Å². The average molecular weight is 302 g/mol. The number of hydrogen-bond acceptors (Lipinski definition) is 3. The second-order valence-corrected chi connectivity index (χ2v) is 4.83. The van der Waals surface area contributed by atoms with E-state index < -0.39 is 0 Å². The summed E-state index contributed by atoms with van der Waals surface area (Å²) >= 11 is 3.44. The van der Waals surface area contributed by atoms with Gasteiger partial charge in [-0.1, -0.05) is 19.8 Å². The third-order valence-electron chi connectivity index (χ3n) is 2.77. The van der Waals surface area contributed by atoms with E-state index in [1.54, 1.807) is 14.2 Å². The maximum absolute atomic E-state index is 6.18. The normalized spacial score (nSPS) is 12.3. The fourth-order valence-corrected chi connectivity index (χ4v) is 2.24. The highest BCUT2D eigenvalue weighted by atomic mass is 79.9. The standard InChI is InChI=1S/C13H20BrNO2/c1-4-5-6-11(15)9-7-13(17-3)10(14)8-12(9)16-2/h7-8,11H,4-6,15H2,1-3H3/t11-/m1/s1. The summed E-state index contributed by atoms with van der Waals surface area (Å²) in [5.74, 6) is 1.59. The molecule has 1 rings (SSSR count). The first-order valence-electron chi connectivity index (χ1n) is 5.81. The van der Waals surface area contributed by atoms with E-state index in [2.05, 4.69) is 22.9 Å². The zero-order valence-corrected chi connectivity index (χ0v) is 12.2. The van der Waals surface area contributed by atoms with Gasteiger partial charge in [0.15, 0.2) is 0 Å². The quantitative estimate of drug-likeness (QED) is 0.872. The van der Waals surface area contributed by atoms with Gasteiger partial charge in [0, 0.05) is 11.6 Å². The first-order valence-corrected chi connectivity index (χ1v) is 6.60. The van der Waals surface area contributed by atoms with Crippen LogP contribution < -0.4 is 15.2 Å². The molecule has 0 bridgehead atoms. The van der Waals surface area contributed by atoms with Crippen LogP contribution in [0.2, 0.25) is 0 Å². The van der Waals surface area contributed by atoms with Crippen molar-refractivity contribution >= 4 is 15.9 Å². The largest absolute Gasteiger partial charge is 0.496 e. The van der Waals surface area contributed by atoms with Gasteiger partial charge >= 0.3 is 0 Å². The van der Waals surface area contributed by atoms with Gasteiger partial charge in [0.1, 0.15) is 11.5 Å². The van der Waals surface area contributed by atoms with Gasteiger partial charge in [0.05, 0.1) is 18.7 Å². The third-order valence-corrected chi connectivity index (χ3v) is 3.39. The Labute approximate surface area is 111 Å². The molecule has 0 radical (unpaired) electrons. The van der Waals surface area contributed by atoms with Crippen molar-refractivity contribution in [2.75, 3.05) is 14.2 Å². The molecule has 0 saturated carbocycles. The maximum atomic E-state index is 6.18. The van der Waals surface area contributed by atoms with Crippen molar-refractivity contribution in [1.29, 1.82) is 0 Å². The predicted octanol–water partition coefficient (Wildman–Crippen LogP) is 3.66. The summed E-state index contributed by atoms with van der Waals surface area (Å²) in [6, 6.07) is 3.84. The molecular formula is C13H20BrNO2. The highest BCUT2D eigenvalue weighted by molar-refractivity contribution is 9.10. The monoisotopic (exact) mass is 301 g/mol. The molecule has 2 N–H and O–H groups in total. The maximum Gasteiger partial charge on any atom is 0.133 e. The van der Waals surface area contributed by atoms with Gasteiger partial charge in [-0.3, -0.25) is 0 Å². The van der Waals surface area contributed by atoms with Crippen LogP contribution in [0.25, 0.3) is 0 Å². The summed E-state index contributed by atoms with van der Waals surface area (Å²) in [4.78, 5) is 0. The number of rotatable bonds is 6. The van der Waals surface area contributed by atoms with Gasteiger partial charge in [-0.15, -0.1) is 0 Å². The van der Waals surface area contributed by atoms with E-state index in [0.717, 1.165) is 40.8 Å².